The Morgan fingerprint density at radius 2 is 2.12 bits per heavy atom. The van der Waals surface area contributed by atoms with Crippen LogP contribution in [-0.4, -0.2) is 41.7 Å². The lowest BCUT2D eigenvalue weighted by atomic mass is 10.1. The number of carbonyl (C=O) groups excluding carboxylic acids is 1. The minimum atomic E-state index is -3.52. The van der Waals surface area contributed by atoms with Gasteiger partial charge in [-0.15, -0.1) is 0 Å². The van der Waals surface area contributed by atoms with Crippen molar-refractivity contribution >= 4 is 15.9 Å². The van der Waals surface area contributed by atoms with Crippen LogP contribution in [0.25, 0.3) is 0 Å². The monoisotopic (exact) mass is 348 g/mol. The van der Waals surface area contributed by atoms with Crippen molar-refractivity contribution in [1.82, 2.24) is 19.6 Å². The van der Waals surface area contributed by atoms with Crippen LogP contribution in [0.4, 0.5) is 0 Å². The van der Waals surface area contributed by atoms with E-state index in [4.69, 9.17) is 0 Å². The SMILES string of the molecule is CC(NC(=O)c1cc(S(=O)(=O)N2CCCC2)c[nH]1)c1cccnc1. The molecule has 8 heteroatoms. The fourth-order valence-electron chi connectivity index (χ4n) is 2.72. The van der Waals surface area contributed by atoms with Crippen LogP contribution >= 0.6 is 0 Å². The molecule has 0 aromatic carbocycles. The predicted molar refractivity (Wildman–Crippen MR) is 88.9 cm³/mol. The Bertz CT molecular complexity index is 811. The lowest BCUT2D eigenvalue weighted by molar-refractivity contribution is 0.0935. The van der Waals surface area contributed by atoms with Crippen LogP contribution in [0.3, 0.4) is 0 Å². The van der Waals surface area contributed by atoms with Crippen molar-refractivity contribution in [1.29, 1.82) is 0 Å². The molecule has 1 atom stereocenters. The summed E-state index contributed by atoms with van der Waals surface area (Å²) in [7, 11) is -3.52. The number of pyridine rings is 1. The maximum Gasteiger partial charge on any atom is 0.268 e. The summed E-state index contributed by atoms with van der Waals surface area (Å²) >= 11 is 0. The normalized spacial score (nSPS) is 16.9. The van der Waals surface area contributed by atoms with Gasteiger partial charge in [0.15, 0.2) is 0 Å². The average molecular weight is 348 g/mol. The van der Waals surface area contributed by atoms with Gasteiger partial charge in [0, 0.05) is 31.7 Å². The third kappa shape index (κ3) is 3.34. The molecule has 7 nitrogen and oxygen atoms in total. The molecule has 0 saturated carbocycles. The van der Waals surface area contributed by atoms with Gasteiger partial charge in [-0.3, -0.25) is 9.78 Å². The molecule has 1 fully saturated rings. The van der Waals surface area contributed by atoms with Crippen LogP contribution in [-0.2, 0) is 10.0 Å². The van der Waals surface area contributed by atoms with Gasteiger partial charge in [0.1, 0.15) is 10.6 Å². The number of rotatable bonds is 5. The first-order chi connectivity index (χ1) is 11.5. The maximum absolute atomic E-state index is 12.5. The highest BCUT2D eigenvalue weighted by molar-refractivity contribution is 7.89. The highest BCUT2D eigenvalue weighted by atomic mass is 32.2. The standard InChI is InChI=1S/C16H20N4O3S/c1-12(13-5-4-6-17-10-13)19-16(21)15-9-14(11-18-15)24(22,23)20-7-2-3-8-20/h4-6,9-12,18H,2-3,7-8H2,1H3,(H,19,21). The molecule has 1 aliphatic heterocycles. The Labute approximate surface area is 141 Å². The number of nitrogens with one attached hydrogen (secondary N) is 2. The Morgan fingerprint density at radius 1 is 1.38 bits per heavy atom. The Morgan fingerprint density at radius 3 is 2.79 bits per heavy atom. The molecule has 0 aliphatic carbocycles. The van der Waals surface area contributed by atoms with Gasteiger partial charge in [0.05, 0.1) is 6.04 Å². The van der Waals surface area contributed by atoms with Gasteiger partial charge in [0.2, 0.25) is 10.0 Å². The van der Waals surface area contributed by atoms with Gasteiger partial charge in [-0.2, -0.15) is 4.31 Å². The van der Waals surface area contributed by atoms with Gasteiger partial charge in [-0.25, -0.2) is 8.42 Å². The number of carbonyl (C=O) groups is 1. The van der Waals surface area contributed by atoms with Crippen LogP contribution in [0, 0.1) is 0 Å². The molecular formula is C16H20N4O3S. The van der Waals surface area contributed by atoms with E-state index in [-0.39, 0.29) is 22.5 Å². The van der Waals surface area contributed by atoms with E-state index in [0.29, 0.717) is 13.1 Å². The van der Waals surface area contributed by atoms with Crippen molar-refractivity contribution < 1.29 is 13.2 Å². The van der Waals surface area contributed by atoms with Crippen molar-refractivity contribution in [2.45, 2.75) is 30.7 Å². The Balaban J connectivity index is 1.72. The van der Waals surface area contributed by atoms with Gasteiger partial charge >= 0.3 is 0 Å². The van der Waals surface area contributed by atoms with Crippen LogP contribution < -0.4 is 5.32 Å². The molecular weight excluding hydrogens is 328 g/mol. The fraction of sp³-hybridized carbons (Fsp3) is 0.375. The van der Waals surface area contributed by atoms with Crippen LogP contribution in [0.15, 0.2) is 41.7 Å². The number of aromatic amines is 1. The first-order valence-electron chi connectivity index (χ1n) is 7.88. The number of hydrogen-bond acceptors (Lipinski definition) is 4. The van der Waals surface area contributed by atoms with Crippen LogP contribution in [0.1, 0.15) is 41.9 Å². The first kappa shape index (κ1) is 16.7. The van der Waals surface area contributed by atoms with E-state index in [9.17, 15) is 13.2 Å². The van der Waals surface area contributed by atoms with Gasteiger partial charge < -0.3 is 10.3 Å². The molecule has 3 rings (SSSR count). The van der Waals surface area contributed by atoms with E-state index in [2.05, 4.69) is 15.3 Å². The highest BCUT2D eigenvalue weighted by Crippen LogP contribution is 2.21. The zero-order chi connectivity index (χ0) is 17.2. The molecule has 128 valence electrons. The van der Waals surface area contributed by atoms with Crippen molar-refractivity contribution in [2.75, 3.05) is 13.1 Å². The minimum Gasteiger partial charge on any atom is -0.356 e. The van der Waals surface area contributed by atoms with Gasteiger partial charge in [-0.05, 0) is 37.5 Å². The highest BCUT2D eigenvalue weighted by Gasteiger charge is 2.28. The summed E-state index contributed by atoms with van der Waals surface area (Å²) in [6.07, 6.45) is 6.47. The number of H-pyrrole nitrogens is 1. The second-order valence-corrected chi connectivity index (χ2v) is 7.78. The van der Waals surface area contributed by atoms with Crippen molar-refractivity contribution in [3.63, 3.8) is 0 Å². The maximum atomic E-state index is 12.5. The van der Waals surface area contributed by atoms with Crippen LogP contribution in [0.2, 0.25) is 0 Å². The smallest absolute Gasteiger partial charge is 0.268 e. The van der Waals surface area contributed by atoms with Crippen molar-refractivity contribution in [2.24, 2.45) is 0 Å². The fourth-order valence-corrected chi connectivity index (χ4v) is 4.23. The number of amides is 1. The number of aromatic nitrogens is 2. The molecule has 1 amide bonds. The molecule has 1 unspecified atom stereocenters. The van der Waals surface area contributed by atoms with Crippen LogP contribution in [0.5, 0.6) is 0 Å². The lowest BCUT2D eigenvalue weighted by Gasteiger charge is -2.14. The average Bonchev–Trinajstić information content (AvgIpc) is 3.27. The topological polar surface area (TPSA) is 95.2 Å². The minimum absolute atomic E-state index is 0.128. The zero-order valence-corrected chi connectivity index (χ0v) is 14.2. The number of sulfonamides is 1. The van der Waals surface area contributed by atoms with E-state index in [1.165, 1.54) is 16.6 Å². The molecule has 3 heterocycles. The quantitative estimate of drug-likeness (QED) is 0.859. The molecule has 2 aromatic rings. The third-order valence-electron chi connectivity index (χ3n) is 4.14. The molecule has 24 heavy (non-hydrogen) atoms. The molecule has 2 aromatic heterocycles. The molecule has 2 N–H and O–H groups in total. The van der Waals surface area contributed by atoms with E-state index >= 15 is 0 Å². The lowest BCUT2D eigenvalue weighted by Crippen LogP contribution is -2.28. The largest absolute Gasteiger partial charge is 0.356 e. The first-order valence-corrected chi connectivity index (χ1v) is 9.32. The summed E-state index contributed by atoms with van der Waals surface area (Å²) < 4.78 is 26.4. The second kappa shape index (κ2) is 6.74. The summed E-state index contributed by atoms with van der Waals surface area (Å²) in [6.45, 7) is 2.92. The summed E-state index contributed by atoms with van der Waals surface area (Å²) in [5.74, 6) is -0.353. The van der Waals surface area contributed by atoms with Gasteiger partial charge in [0.25, 0.3) is 5.91 Å². The van der Waals surface area contributed by atoms with Crippen molar-refractivity contribution in [3.05, 3.63) is 48.0 Å². The number of nitrogens with zero attached hydrogens (tertiary/aromatic N) is 2. The second-order valence-electron chi connectivity index (χ2n) is 5.84. The molecule has 1 saturated heterocycles. The molecule has 0 radical (unpaired) electrons. The predicted octanol–water partition coefficient (Wildman–Crippen LogP) is 1.69. The number of hydrogen-bond donors (Lipinski definition) is 2. The Hall–Kier alpha value is -2.19. The van der Waals surface area contributed by atoms with E-state index < -0.39 is 10.0 Å². The summed E-state index contributed by atoms with van der Waals surface area (Å²) in [6, 6.07) is 4.83. The molecule has 0 bridgehead atoms. The van der Waals surface area contributed by atoms with E-state index in [1.807, 2.05) is 13.0 Å². The molecule has 1 aliphatic rings. The molecule has 0 spiro atoms. The summed E-state index contributed by atoms with van der Waals surface area (Å²) in [5.41, 5.74) is 1.10. The third-order valence-corrected chi connectivity index (χ3v) is 6.01. The summed E-state index contributed by atoms with van der Waals surface area (Å²) in [4.78, 5) is 19.2. The summed E-state index contributed by atoms with van der Waals surface area (Å²) in [5, 5.41) is 2.83. The van der Waals surface area contributed by atoms with Crippen molar-refractivity contribution in [3.8, 4) is 0 Å². The van der Waals surface area contributed by atoms with E-state index in [1.54, 1.807) is 18.5 Å². The zero-order valence-electron chi connectivity index (χ0n) is 13.4. The Kier molecular flexibility index (Phi) is 4.68. The van der Waals surface area contributed by atoms with Gasteiger partial charge in [-0.1, -0.05) is 6.07 Å². The van der Waals surface area contributed by atoms with E-state index in [0.717, 1.165) is 18.4 Å².